The summed E-state index contributed by atoms with van der Waals surface area (Å²) in [4.78, 5) is 3.45. The molecule has 1 heterocycles. The Morgan fingerprint density at radius 1 is 1.00 bits per heavy atom. The first-order chi connectivity index (χ1) is 9.81. The second-order valence-corrected chi connectivity index (χ2v) is 6.05. The number of fused-ring (bicyclic) bond motifs is 1. The van der Waals surface area contributed by atoms with Crippen LogP contribution in [-0.4, -0.2) is 10.7 Å². The molecule has 0 unspecified atom stereocenters. The number of hydrogen-bond acceptors (Lipinski definition) is 2. The smallest absolute Gasteiger partial charge is 0.0732 e. The molecule has 0 fully saturated rings. The molecule has 20 heavy (non-hydrogen) atoms. The summed E-state index contributed by atoms with van der Waals surface area (Å²) >= 11 is 1.89. The van der Waals surface area contributed by atoms with E-state index >= 15 is 0 Å². The van der Waals surface area contributed by atoms with Crippen molar-refractivity contribution in [2.24, 2.45) is 0 Å². The van der Waals surface area contributed by atoms with Gasteiger partial charge in [0.2, 0.25) is 0 Å². The molecular formula is C17H18N2S. The average molecular weight is 282 g/mol. The number of nitrogen functional groups attached to an aromatic ring is 1. The molecule has 0 aliphatic heterocycles. The highest BCUT2D eigenvalue weighted by atomic mass is 32.2. The van der Waals surface area contributed by atoms with Gasteiger partial charge >= 0.3 is 0 Å². The van der Waals surface area contributed by atoms with Crippen molar-refractivity contribution in [3.8, 4) is 0 Å². The quantitative estimate of drug-likeness (QED) is 0.412. The predicted molar refractivity (Wildman–Crippen MR) is 88.2 cm³/mol. The van der Waals surface area contributed by atoms with Gasteiger partial charge in [0.1, 0.15) is 0 Å². The van der Waals surface area contributed by atoms with Gasteiger partial charge in [-0.15, -0.1) is 11.8 Å². The van der Waals surface area contributed by atoms with Gasteiger partial charge in [-0.3, -0.25) is 0 Å². The number of hydrogen-bond donors (Lipinski definition) is 2. The molecule has 3 heteroatoms. The number of thioether (sulfide) groups is 1. The van der Waals surface area contributed by atoms with Crippen LogP contribution in [0.25, 0.3) is 10.9 Å². The Kier molecular flexibility index (Phi) is 3.97. The zero-order valence-electron chi connectivity index (χ0n) is 11.3. The van der Waals surface area contributed by atoms with Crippen molar-refractivity contribution in [1.29, 1.82) is 0 Å². The third-order valence-corrected chi connectivity index (χ3v) is 4.38. The Morgan fingerprint density at radius 3 is 2.60 bits per heavy atom. The van der Waals surface area contributed by atoms with E-state index in [1.807, 2.05) is 23.9 Å². The summed E-state index contributed by atoms with van der Waals surface area (Å²) in [5.41, 5.74) is 9.09. The maximum absolute atomic E-state index is 5.69. The molecular weight excluding hydrogens is 264 g/mol. The van der Waals surface area contributed by atoms with Crippen molar-refractivity contribution in [2.75, 3.05) is 11.5 Å². The number of nitrogens with one attached hydrogen (secondary N) is 1. The van der Waals surface area contributed by atoms with Crippen LogP contribution >= 0.6 is 11.8 Å². The van der Waals surface area contributed by atoms with Gasteiger partial charge in [0.25, 0.3) is 0 Å². The van der Waals surface area contributed by atoms with Gasteiger partial charge in [0, 0.05) is 16.6 Å². The van der Waals surface area contributed by atoms with Gasteiger partial charge in [-0.1, -0.05) is 30.3 Å². The standard InChI is InChI=1S/C17H18N2S/c18-15-9-7-13(8-10-15)4-3-11-20-17-12-14-5-1-2-6-16(14)19-17/h1-2,5-10,12,19H,3-4,11,18H2. The van der Waals surface area contributed by atoms with Crippen molar-refractivity contribution in [3.63, 3.8) is 0 Å². The van der Waals surface area contributed by atoms with Crippen molar-refractivity contribution >= 4 is 28.4 Å². The fourth-order valence-electron chi connectivity index (χ4n) is 2.27. The normalized spacial score (nSPS) is 11.0. The Morgan fingerprint density at radius 2 is 1.80 bits per heavy atom. The molecule has 3 N–H and O–H groups in total. The predicted octanol–water partition coefficient (Wildman–Crippen LogP) is 4.48. The van der Waals surface area contributed by atoms with Gasteiger partial charge in [0.15, 0.2) is 0 Å². The second kappa shape index (κ2) is 6.06. The largest absolute Gasteiger partial charge is 0.399 e. The Bertz CT molecular complexity index is 653. The molecule has 2 aromatic carbocycles. The Balaban J connectivity index is 1.51. The van der Waals surface area contributed by atoms with E-state index in [1.165, 1.54) is 27.9 Å². The molecule has 3 rings (SSSR count). The van der Waals surface area contributed by atoms with Crippen LogP contribution < -0.4 is 5.73 Å². The number of aromatic amines is 1. The molecule has 0 saturated carbocycles. The zero-order chi connectivity index (χ0) is 13.8. The fraction of sp³-hybridized carbons (Fsp3) is 0.176. The van der Waals surface area contributed by atoms with Crippen LogP contribution in [0.5, 0.6) is 0 Å². The second-order valence-electron chi connectivity index (χ2n) is 4.91. The molecule has 2 nitrogen and oxygen atoms in total. The summed E-state index contributed by atoms with van der Waals surface area (Å²) in [6.07, 6.45) is 2.28. The van der Waals surface area contributed by atoms with E-state index in [9.17, 15) is 0 Å². The van der Waals surface area contributed by atoms with E-state index in [0.29, 0.717) is 0 Å². The number of aryl methyl sites for hydroxylation is 1. The first-order valence-electron chi connectivity index (χ1n) is 6.86. The monoisotopic (exact) mass is 282 g/mol. The molecule has 0 bridgehead atoms. The van der Waals surface area contributed by atoms with Crippen molar-refractivity contribution in [2.45, 2.75) is 17.9 Å². The topological polar surface area (TPSA) is 41.8 Å². The lowest BCUT2D eigenvalue weighted by molar-refractivity contribution is 0.932. The molecule has 0 atom stereocenters. The third kappa shape index (κ3) is 3.17. The van der Waals surface area contributed by atoms with Gasteiger partial charge in [-0.25, -0.2) is 0 Å². The molecule has 1 aromatic heterocycles. The van der Waals surface area contributed by atoms with Gasteiger partial charge in [-0.2, -0.15) is 0 Å². The lowest BCUT2D eigenvalue weighted by Gasteiger charge is -2.01. The van der Waals surface area contributed by atoms with E-state index in [2.05, 4.69) is 47.4 Å². The molecule has 102 valence electrons. The number of aromatic nitrogens is 1. The molecule has 0 saturated heterocycles. The fourth-order valence-corrected chi connectivity index (χ4v) is 3.17. The van der Waals surface area contributed by atoms with E-state index in [4.69, 9.17) is 5.73 Å². The SMILES string of the molecule is Nc1ccc(CCCSc2cc3ccccc3[nH]2)cc1. The average Bonchev–Trinajstić information content (AvgIpc) is 2.88. The molecule has 0 amide bonds. The maximum Gasteiger partial charge on any atom is 0.0732 e. The Hall–Kier alpha value is -1.87. The van der Waals surface area contributed by atoms with Gasteiger partial charge < -0.3 is 10.7 Å². The van der Waals surface area contributed by atoms with Crippen molar-refractivity contribution in [1.82, 2.24) is 4.98 Å². The molecule has 0 aliphatic carbocycles. The number of rotatable bonds is 5. The van der Waals surface area contributed by atoms with Crippen molar-refractivity contribution < 1.29 is 0 Å². The number of nitrogens with two attached hydrogens (primary N) is 1. The van der Waals surface area contributed by atoms with Crippen LogP contribution in [0.15, 0.2) is 59.6 Å². The lowest BCUT2D eigenvalue weighted by atomic mass is 10.1. The summed E-state index contributed by atoms with van der Waals surface area (Å²) in [6, 6.07) is 18.8. The minimum Gasteiger partial charge on any atom is -0.399 e. The summed E-state index contributed by atoms with van der Waals surface area (Å²) in [6.45, 7) is 0. The van der Waals surface area contributed by atoms with Crippen molar-refractivity contribution in [3.05, 3.63) is 60.2 Å². The number of anilines is 1. The first kappa shape index (κ1) is 13.1. The van der Waals surface area contributed by atoms with Crippen LogP contribution in [0, 0.1) is 0 Å². The highest BCUT2D eigenvalue weighted by molar-refractivity contribution is 7.99. The summed E-state index contributed by atoms with van der Waals surface area (Å²) in [5.74, 6) is 1.12. The maximum atomic E-state index is 5.69. The van der Waals surface area contributed by atoms with Gasteiger partial charge in [0.05, 0.1) is 5.03 Å². The van der Waals surface area contributed by atoms with E-state index in [0.717, 1.165) is 17.9 Å². The molecule has 0 spiro atoms. The molecule has 0 aliphatic rings. The summed E-state index contributed by atoms with van der Waals surface area (Å²) in [5, 5.41) is 2.54. The molecule has 0 radical (unpaired) electrons. The van der Waals surface area contributed by atoms with Crippen LogP contribution in [0.3, 0.4) is 0 Å². The van der Waals surface area contributed by atoms with Crippen LogP contribution in [0.1, 0.15) is 12.0 Å². The highest BCUT2D eigenvalue weighted by Gasteiger charge is 2.00. The number of H-pyrrole nitrogens is 1. The van der Waals surface area contributed by atoms with Crippen LogP contribution in [0.2, 0.25) is 0 Å². The summed E-state index contributed by atoms with van der Waals surface area (Å²) in [7, 11) is 0. The first-order valence-corrected chi connectivity index (χ1v) is 7.85. The van der Waals surface area contributed by atoms with Gasteiger partial charge in [-0.05, 0) is 48.4 Å². The van der Waals surface area contributed by atoms with Crippen LogP contribution in [0.4, 0.5) is 5.69 Å². The number of benzene rings is 2. The Labute approximate surface area is 123 Å². The zero-order valence-corrected chi connectivity index (χ0v) is 12.1. The summed E-state index contributed by atoms with van der Waals surface area (Å²) < 4.78 is 0. The number of para-hydroxylation sites is 1. The molecule has 3 aromatic rings. The minimum absolute atomic E-state index is 0.834. The van der Waals surface area contributed by atoms with Crippen LogP contribution in [-0.2, 0) is 6.42 Å². The van der Waals surface area contributed by atoms with E-state index < -0.39 is 0 Å². The highest BCUT2D eigenvalue weighted by Crippen LogP contribution is 2.24. The van der Waals surface area contributed by atoms with E-state index in [-0.39, 0.29) is 0 Å². The third-order valence-electron chi connectivity index (χ3n) is 3.35. The van der Waals surface area contributed by atoms with E-state index in [1.54, 1.807) is 0 Å². The minimum atomic E-state index is 0.834. The lowest BCUT2D eigenvalue weighted by Crippen LogP contribution is -1.89.